The Morgan fingerprint density at radius 3 is 2.55 bits per heavy atom. The summed E-state index contributed by atoms with van der Waals surface area (Å²) in [5.74, 6) is -0.348. The predicted molar refractivity (Wildman–Crippen MR) is 150 cm³/mol. The van der Waals surface area contributed by atoms with Gasteiger partial charge in [0.05, 0.1) is 22.5 Å². The molecule has 0 unspecified atom stereocenters. The molecule has 0 aliphatic heterocycles. The zero-order chi connectivity index (χ0) is 29.1. The summed E-state index contributed by atoms with van der Waals surface area (Å²) in [6, 6.07) is 10.4. The molecular weight excluding hydrogens is 559 g/mol. The van der Waals surface area contributed by atoms with E-state index < -0.39 is 32.7 Å². The SMILES string of the molecule is CC(C)(C)NCc1ccc2c(c1)CCC[C@H]2NC(=O)C[C@@H](NS(=O)(=O)c1cccc(C(F)(F)F)c1)c1ccsc1. The molecule has 1 aromatic heterocycles. The summed E-state index contributed by atoms with van der Waals surface area (Å²) in [5.41, 5.74) is 2.90. The van der Waals surface area contributed by atoms with Crippen molar-refractivity contribution in [2.75, 3.05) is 0 Å². The highest BCUT2D eigenvalue weighted by Crippen LogP contribution is 2.33. The average molecular weight is 594 g/mol. The first-order chi connectivity index (χ1) is 18.7. The van der Waals surface area contributed by atoms with Crippen molar-refractivity contribution in [3.05, 3.63) is 87.1 Å². The number of fused-ring (bicyclic) bond motifs is 1. The highest BCUT2D eigenvalue weighted by molar-refractivity contribution is 7.89. The largest absolute Gasteiger partial charge is 0.416 e. The Hall–Kier alpha value is -2.73. The lowest BCUT2D eigenvalue weighted by molar-refractivity contribution is -0.137. The quantitative estimate of drug-likeness (QED) is 0.273. The van der Waals surface area contributed by atoms with Gasteiger partial charge in [-0.1, -0.05) is 24.3 Å². The van der Waals surface area contributed by atoms with Gasteiger partial charge >= 0.3 is 6.18 Å². The van der Waals surface area contributed by atoms with Crippen LogP contribution < -0.4 is 15.4 Å². The fraction of sp³-hybridized carbons (Fsp3) is 0.414. The van der Waals surface area contributed by atoms with Crippen molar-refractivity contribution in [3.8, 4) is 0 Å². The Balaban J connectivity index is 1.48. The van der Waals surface area contributed by atoms with Crippen LogP contribution >= 0.6 is 11.3 Å². The van der Waals surface area contributed by atoms with Gasteiger partial charge in [0.1, 0.15) is 0 Å². The molecule has 216 valence electrons. The first-order valence-corrected chi connectivity index (χ1v) is 15.5. The van der Waals surface area contributed by atoms with Crippen LogP contribution in [0.5, 0.6) is 0 Å². The Bertz CT molecular complexity index is 1430. The molecule has 6 nitrogen and oxygen atoms in total. The molecule has 2 atom stereocenters. The van der Waals surface area contributed by atoms with Crippen molar-refractivity contribution in [1.29, 1.82) is 0 Å². The maximum atomic E-state index is 13.2. The van der Waals surface area contributed by atoms with E-state index in [-0.39, 0.29) is 23.9 Å². The van der Waals surface area contributed by atoms with E-state index in [1.54, 1.807) is 16.8 Å². The van der Waals surface area contributed by atoms with Gasteiger partial charge in [-0.25, -0.2) is 13.1 Å². The lowest BCUT2D eigenvalue weighted by Crippen LogP contribution is -2.36. The molecule has 0 saturated carbocycles. The number of hydrogen-bond donors (Lipinski definition) is 3. The summed E-state index contributed by atoms with van der Waals surface area (Å²) in [6.45, 7) is 7.07. The second kappa shape index (κ2) is 12.0. The van der Waals surface area contributed by atoms with Crippen molar-refractivity contribution in [1.82, 2.24) is 15.4 Å². The summed E-state index contributed by atoms with van der Waals surface area (Å²) >= 11 is 1.34. The first kappa shape index (κ1) is 30.2. The number of alkyl halides is 3. The zero-order valence-electron chi connectivity index (χ0n) is 22.6. The molecule has 0 fully saturated rings. The van der Waals surface area contributed by atoms with Gasteiger partial charge in [0.25, 0.3) is 0 Å². The second-order valence-electron chi connectivity index (χ2n) is 11.1. The summed E-state index contributed by atoms with van der Waals surface area (Å²) in [5, 5.41) is 10.0. The number of rotatable bonds is 9. The Morgan fingerprint density at radius 2 is 1.88 bits per heavy atom. The van der Waals surface area contributed by atoms with Crippen LogP contribution in [-0.2, 0) is 34.0 Å². The van der Waals surface area contributed by atoms with Crippen LogP contribution in [0.3, 0.4) is 0 Å². The lowest BCUT2D eigenvalue weighted by Gasteiger charge is -2.28. The summed E-state index contributed by atoms with van der Waals surface area (Å²) in [7, 11) is -4.35. The van der Waals surface area contributed by atoms with E-state index in [1.807, 2.05) is 6.07 Å². The number of sulfonamides is 1. The van der Waals surface area contributed by atoms with E-state index in [0.717, 1.165) is 49.6 Å². The van der Waals surface area contributed by atoms with Gasteiger partial charge in [-0.3, -0.25) is 4.79 Å². The molecule has 40 heavy (non-hydrogen) atoms. The standard InChI is InChI=1S/C29H34F3N3O3S2/c1-28(2,3)33-17-19-10-11-24-20(14-19)6-4-9-25(24)34-27(36)16-26(21-12-13-39-18-21)35-40(37,38)23-8-5-7-22(15-23)29(30,31)32/h5,7-8,10-15,18,25-26,33,35H,4,6,9,16-17H2,1-3H3,(H,34,36)/t25-,26-/m1/s1. The van der Waals surface area contributed by atoms with Crippen LogP contribution in [0.25, 0.3) is 0 Å². The third-order valence-electron chi connectivity index (χ3n) is 6.78. The smallest absolute Gasteiger partial charge is 0.349 e. The first-order valence-electron chi connectivity index (χ1n) is 13.1. The van der Waals surface area contributed by atoms with E-state index in [2.05, 4.69) is 48.3 Å². The molecule has 0 saturated heterocycles. The van der Waals surface area contributed by atoms with Crippen LogP contribution in [0.2, 0.25) is 0 Å². The third-order valence-corrected chi connectivity index (χ3v) is 8.95. The van der Waals surface area contributed by atoms with Gasteiger partial charge in [-0.2, -0.15) is 24.5 Å². The number of carbonyl (C=O) groups is 1. The number of benzene rings is 2. The Kier molecular flexibility index (Phi) is 9.08. The van der Waals surface area contributed by atoms with E-state index >= 15 is 0 Å². The summed E-state index contributed by atoms with van der Waals surface area (Å²) in [4.78, 5) is 12.7. The number of amides is 1. The number of nitrogens with one attached hydrogen (secondary N) is 3. The number of halogens is 3. The average Bonchev–Trinajstić information content (AvgIpc) is 3.41. The van der Waals surface area contributed by atoms with Crippen molar-refractivity contribution in [3.63, 3.8) is 0 Å². The molecule has 1 heterocycles. The van der Waals surface area contributed by atoms with Crippen LogP contribution in [-0.4, -0.2) is 19.9 Å². The molecule has 4 rings (SSSR count). The highest BCUT2D eigenvalue weighted by Gasteiger charge is 2.33. The lowest BCUT2D eigenvalue weighted by atomic mass is 9.86. The summed E-state index contributed by atoms with van der Waals surface area (Å²) in [6.07, 6.45) is -2.30. The number of carbonyl (C=O) groups excluding carboxylic acids is 1. The predicted octanol–water partition coefficient (Wildman–Crippen LogP) is 6.26. The second-order valence-corrected chi connectivity index (χ2v) is 13.6. The van der Waals surface area contributed by atoms with Gasteiger partial charge < -0.3 is 10.6 Å². The van der Waals surface area contributed by atoms with Crippen LogP contribution in [0, 0.1) is 0 Å². The molecule has 11 heteroatoms. The van der Waals surface area contributed by atoms with E-state index in [4.69, 9.17) is 0 Å². The van der Waals surface area contributed by atoms with E-state index in [1.165, 1.54) is 22.5 Å². The molecular formula is C29H34F3N3O3S2. The van der Waals surface area contributed by atoms with Gasteiger partial charge in [0.2, 0.25) is 15.9 Å². The highest BCUT2D eigenvalue weighted by atomic mass is 32.2. The van der Waals surface area contributed by atoms with Crippen molar-refractivity contribution in [2.24, 2.45) is 0 Å². The molecule has 1 aliphatic rings. The maximum Gasteiger partial charge on any atom is 0.416 e. The van der Waals surface area contributed by atoms with E-state index in [9.17, 15) is 26.4 Å². The third kappa shape index (κ3) is 7.93. The van der Waals surface area contributed by atoms with Gasteiger partial charge in [0.15, 0.2) is 0 Å². The molecule has 1 amide bonds. The monoisotopic (exact) mass is 593 g/mol. The van der Waals surface area contributed by atoms with Crippen molar-refractivity contribution in [2.45, 2.75) is 81.7 Å². The van der Waals surface area contributed by atoms with Crippen LogP contribution in [0.1, 0.15) is 79.9 Å². The minimum Gasteiger partial charge on any atom is -0.349 e. The fourth-order valence-corrected chi connectivity index (χ4v) is 6.71. The number of aryl methyl sites for hydroxylation is 1. The fourth-order valence-electron chi connectivity index (χ4n) is 4.73. The minimum absolute atomic E-state index is 0.00590. The van der Waals surface area contributed by atoms with Crippen molar-refractivity contribution < 1.29 is 26.4 Å². The molecule has 2 aromatic carbocycles. The summed E-state index contributed by atoms with van der Waals surface area (Å²) < 4.78 is 68.2. The molecule has 0 radical (unpaired) electrons. The zero-order valence-corrected chi connectivity index (χ0v) is 24.3. The normalized spacial score (nSPS) is 16.8. The maximum absolute atomic E-state index is 13.2. The number of thiophene rings is 1. The molecule has 1 aliphatic carbocycles. The molecule has 0 bridgehead atoms. The van der Waals surface area contributed by atoms with Gasteiger partial charge in [-0.05, 0) is 97.3 Å². The van der Waals surface area contributed by atoms with Gasteiger partial charge in [-0.15, -0.1) is 0 Å². The molecule has 3 N–H and O–H groups in total. The molecule has 3 aromatic rings. The van der Waals surface area contributed by atoms with Gasteiger partial charge in [0, 0.05) is 18.5 Å². The molecule has 0 spiro atoms. The Morgan fingerprint density at radius 1 is 1.10 bits per heavy atom. The number of hydrogen-bond acceptors (Lipinski definition) is 5. The topological polar surface area (TPSA) is 87.3 Å². The minimum atomic E-state index is -4.68. The Labute approximate surface area is 237 Å². The van der Waals surface area contributed by atoms with E-state index in [0.29, 0.717) is 11.6 Å². The van der Waals surface area contributed by atoms with Crippen LogP contribution in [0.4, 0.5) is 13.2 Å². The van der Waals surface area contributed by atoms with Crippen LogP contribution in [0.15, 0.2) is 64.2 Å². The van der Waals surface area contributed by atoms with Crippen molar-refractivity contribution >= 4 is 27.3 Å².